The topological polar surface area (TPSA) is 18.5 Å². The lowest BCUT2D eigenvalue weighted by molar-refractivity contribution is -0.190. The fraction of sp³-hybridized carbons (Fsp3) is 0.217. The number of rotatable bonds is 8. The minimum Gasteiger partial charge on any atom is -0.429 e. The van der Waals surface area contributed by atoms with E-state index < -0.39 is 63.9 Å². The second-order valence-corrected chi connectivity index (χ2v) is 7.15. The molecule has 0 bridgehead atoms. The summed E-state index contributed by atoms with van der Waals surface area (Å²) in [5.74, 6) is -12.2. The van der Waals surface area contributed by atoms with E-state index in [0.717, 1.165) is 24.1 Å². The third-order valence-electron chi connectivity index (χ3n) is 4.58. The molecule has 34 heavy (non-hydrogen) atoms. The van der Waals surface area contributed by atoms with Crippen LogP contribution in [-0.4, -0.2) is 0 Å². The van der Waals surface area contributed by atoms with Crippen LogP contribution in [0.1, 0.15) is 30.0 Å². The van der Waals surface area contributed by atoms with E-state index in [9.17, 15) is 39.5 Å². The van der Waals surface area contributed by atoms with Gasteiger partial charge in [-0.25, -0.2) is 22.0 Å². The van der Waals surface area contributed by atoms with Gasteiger partial charge in [-0.05, 0) is 24.1 Å². The summed E-state index contributed by atoms with van der Waals surface area (Å²) in [5.41, 5.74) is -1.92. The minimum atomic E-state index is -4.86. The summed E-state index contributed by atoms with van der Waals surface area (Å²) in [7, 11) is 0. The van der Waals surface area contributed by atoms with Crippen LogP contribution in [-0.2, 0) is 18.6 Å². The quantitative estimate of drug-likeness (QED) is 0.237. The molecule has 11 heteroatoms. The van der Waals surface area contributed by atoms with E-state index in [0.29, 0.717) is 6.42 Å². The summed E-state index contributed by atoms with van der Waals surface area (Å²) in [6, 6.07) is 5.14. The van der Waals surface area contributed by atoms with Crippen LogP contribution in [0.4, 0.5) is 39.5 Å². The van der Waals surface area contributed by atoms with Gasteiger partial charge in [0.15, 0.2) is 17.5 Å². The van der Waals surface area contributed by atoms with Gasteiger partial charge in [0.05, 0.1) is 5.56 Å². The summed E-state index contributed by atoms with van der Waals surface area (Å²) in [6.07, 6.45) is -7.51. The van der Waals surface area contributed by atoms with Crippen LogP contribution in [0.25, 0.3) is 0 Å². The average Bonchev–Trinajstić information content (AvgIpc) is 2.71. The monoisotopic (exact) mass is 494 g/mol. The lowest BCUT2D eigenvalue weighted by Crippen LogP contribution is -2.26. The average molecular weight is 494 g/mol. The molecule has 0 spiro atoms. The molecular weight excluding hydrogens is 479 g/mol. The molecule has 0 saturated carbocycles. The highest BCUT2D eigenvalue weighted by Crippen LogP contribution is 2.39. The molecule has 0 saturated heterocycles. The number of benzene rings is 3. The first kappa shape index (κ1) is 25.3. The minimum absolute atomic E-state index is 0.0337. The molecule has 0 aromatic heterocycles. The van der Waals surface area contributed by atoms with Crippen molar-refractivity contribution in [3.63, 3.8) is 0 Å². The highest BCUT2D eigenvalue weighted by atomic mass is 19.3. The summed E-state index contributed by atoms with van der Waals surface area (Å²) in [6.45, 7) is 1.89. The van der Waals surface area contributed by atoms with E-state index in [1.165, 1.54) is 12.1 Å². The van der Waals surface area contributed by atoms with E-state index in [1.807, 2.05) is 6.92 Å². The first-order valence-corrected chi connectivity index (χ1v) is 9.71. The molecule has 0 aliphatic rings. The van der Waals surface area contributed by atoms with Crippen LogP contribution >= 0.6 is 0 Å². The Kier molecular flexibility index (Phi) is 7.04. The Morgan fingerprint density at radius 2 is 1.09 bits per heavy atom. The standard InChI is InChI=1S/C23H15F9O2/c1-2-3-12-4-6-13(7-5-12)22(29,30)33-14-8-16(24)20(17(25)9-14)23(31,32)34-15-10-18(26)21(28)19(27)11-15/h4-11H,2-3H2,1H3. The Bertz CT molecular complexity index is 1130. The van der Waals surface area contributed by atoms with Gasteiger partial charge in [0.1, 0.15) is 28.7 Å². The van der Waals surface area contributed by atoms with Crippen LogP contribution in [0.3, 0.4) is 0 Å². The molecule has 0 unspecified atom stereocenters. The zero-order chi connectivity index (χ0) is 25.3. The van der Waals surface area contributed by atoms with Crippen LogP contribution in [0.5, 0.6) is 11.5 Å². The Morgan fingerprint density at radius 3 is 1.56 bits per heavy atom. The largest absolute Gasteiger partial charge is 0.432 e. The maximum atomic E-state index is 14.4. The van der Waals surface area contributed by atoms with Crippen molar-refractivity contribution in [2.45, 2.75) is 32.0 Å². The molecular formula is C23H15F9O2. The van der Waals surface area contributed by atoms with Crippen molar-refractivity contribution in [1.82, 2.24) is 0 Å². The van der Waals surface area contributed by atoms with E-state index in [4.69, 9.17) is 0 Å². The summed E-state index contributed by atoms with van der Waals surface area (Å²) < 4.78 is 134. The van der Waals surface area contributed by atoms with Gasteiger partial charge in [-0.3, -0.25) is 0 Å². The molecule has 0 radical (unpaired) electrons. The molecule has 0 atom stereocenters. The zero-order valence-corrected chi connectivity index (χ0v) is 17.3. The maximum Gasteiger partial charge on any atom is 0.432 e. The lowest BCUT2D eigenvalue weighted by Gasteiger charge is -2.22. The first-order valence-electron chi connectivity index (χ1n) is 9.71. The Morgan fingerprint density at radius 1 is 0.647 bits per heavy atom. The van der Waals surface area contributed by atoms with Crippen molar-refractivity contribution >= 4 is 0 Å². The van der Waals surface area contributed by atoms with Gasteiger partial charge in [-0.15, -0.1) is 0 Å². The number of aryl methyl sites for hydroxylation is 1. The zero-order valence-electron chi connectivity index (χ0n) is 17.3. The summed E-state index contributed by atoms with van der Waals surface area (Å²) >= 11 is 0. The Labute approximate surface area is 187 Å². The first-order chi connectivity index (χ1) is 15.8. The molecule has 0 amide bonds. The number of hydrogen-bond acceptors (Lipinski definition) is 2. The molecule has 3 aromatic rings. The molecule has 0 N–H and O–H groups in total. The summed E-state index contributed by atoms with van der Waals surface area (Å²) in [5, 5.41) is 0. The van der Waals surface area contributed by atoms with Gasteiger partial charge in [0, 0.05) is 24.3 Å². The molecule has 0 aliphatic carbocycles. The van der Waals surface area contributed by atoms with Crippen molar-refractivity contribution in [2.75, 3.05) is 0 Å². The van der Waals surface area contributed by atoms with Crippen LogP contribution in [0.2, 0.25) is 0 Å². The molecule has 0 heterocycles. The fourth-order valence-electron chi connectivity index (χ4n) is 3.04. The van der Waals surface area contributed by atoms with Crippen molar-refractivity contribution in [3.05, 3.63) is 94.3 Å². The van der Waals surface area contributed by atoms with Gasteiger partial charge in [-0.1, -0.05) is 25.5 Å². The predicted molar refractivity (Wildman–Crippen MR) is 102 cm³/mol. The van der Waals surface area contributed by atoms with Crippen molar-refractivity contribution in [2.24, 2.45) is 0 Å². The predicted octanol–water partition coefficient (Wildman–Crippen LogP) is 7.59. The van der Waals surface area contributed by atoms with Gasteiger partial charge in [-0.2, -0.15) is 17.6 Å². The van der Waals surface area contributed by atoms with E-state index in [2.05, 4.69) is 9.47 Å². The van der Waals surface area contributed by atoms with Crippen LogP contribution in [0, 0.1) is 29.1 Å². The highest BCUT2D eigenvalue weighted by Gasteiger charge is 2.42. The third-order valence-corrected chi connectivity index (χ3v) is 4.58. The fourth-order valence-corrected chi connectivity index (χ4v) is 3.04. The second kappa shape index (κ2) is 9.47. The lowest BCUT2D eigenvalue weighted by atomic mass is 10.1. The highest BCUT2D eigenvalue weighted by molar-refractivity contribution is 5.35. The molecule has 3 aromatic carbocycles. The number of hydrogen-bond donors (Lipinski definition) is 0. The molecule has 182 valence electrons. The number of ether oxygens (including phenoxy) is 2. The van der Waals surface area contributed by atoms with E-state index in [1.54, 1.807) is 0 Å². The Hall–Kier alpha value is -3.37. The van der Waals surface area contributed by atoms with Crippen molar-refractivity contribution < 1.29 is 49.0 Å². The normalized spacial score (nSPS) is 12.1. The number of alkyl halides is 4. The summed E-state index contributed by atoms with van der Waals surface area (Å²) in [4.78, 5) is 0. The Balaban J connectivity index is 1.86. The smallest absolute Gasteiger partial charge is 0.429 e. The van der Waals surface area contributed by atoms with Crippen LogP contribution < -0.4 is 9.47 Å². The second-order valence-electron chi connectivity index (χ2n) is 7.15. The molecule has 0 fully saturated rings. The maximum absolute atomic E-state index is 14.4. The van der Waals surface area contributed by atoms with Gasteiger partial charge >= 0.3 is 12.2 Å². The van der Waals surface area contributed by atoms with Gasteiger partial charge < -0.3 is 9.47 Å². The van der Waals surface area contributed by atoms with E-state index in [-0.39, 0.29) is 24.3 Å². The van der Waals surface area contributed by atoms with Crippen molar-refractivity contribution in [3.8, 4) is 11.5 Å². The van der Waals surface area contributed by atoms with Gasteiger partial charge in [0.2, 0.25) is 0 Å². The third kappa shape index (κ3) is 5.40. The van der Waals surface area contributed by atoms with Gasteiger partial charge in [0.25, 0.3) is 0 Å². The molecule has 2 nitrogen and oxygen atoms in total. The SMILES string of the molecule is CCCc1ccc(C(F)(F)Oc2cc(F)c(C(F)(F)Oc3cc(F)c(F)c(F)c3)c(F)c2)cc1. The molecule has 3 rings (SSSR count). The van der Waals surface area contributed by atoms with Crippen molar-refractivity contribution in [1.29, 1.82) is 0 Å². The number of halogens is 9. The van der Waals surface area contributed by atoms with Crippen LogP contribution in [0.15, 0.2) is 48.5 Å². The van der Waals surface area contributed by atoms with E-state index >= 15 is 0 Å². The molecule has 0 aliphatic heterocycles.